The van der Waals surface area contributed by atoms with E-state index in [0.29, 0.717) is 23.0 Å². The van der Waals surface area contributed by atoms with E-state index >= 15 is 0 Å². The predicted octanol–water partition coefficient (Wildman–Crippen LogP) is 4.23. The number of carbonyl (C=O) groups is 1. The van der Waals surface area contributed by atoms with Crippen LogP contribution < -0.4 is 14.8 Å². The molecule has 0 saturated carbocycles. The molecule has 0 radical (unpaired) electrons. The molecule has 0 unspecified atom stereocenters. The number of anilines is 1. The van der Waals surface area contributed by atoms with E-state index in [9.17, 15) is 9.90 Å². The van der Waals surface area contributed by atoms with E-state index in [1.807, 2.05) is 18.2 Å². The summed E-state index contributed by atoms with van der Waals surface area (Å²) < 4.78 is 10.8. The van der Waals surface area contributed by atoms with E-state index in [4.69, 9.17) is 9.47 Å². The van der Waals surface area contributed by atoms with Crippen molar-refractivity contribution in [1.29, 1.82) is 0 Å². The molecule has 0 fully saturated rings. The van der Waals surface area contributed by atoms with Gasteiger partial charge in [-0.05, 0) is 53.8 Å². The molecule has 0 spiro atoms. The van der Waals surface area contributed by atoms with E-state index in [0.717, 1.165) is 23.2 Å². The molecule has 2 aromatic rings. The van der Waals surface area contributed by atoms with Gasteiger partial charge in [-0.2, -0.15) is 0 Å². The van der Waals surface area contributed by atoms with Crippen molar-refractivity contribution in [3.05, 3.63) is 65.2 Å². The third-order valence-corrected chi connectivity index (χ3v) is 5.38. The summed E-state index contributed by atoms with van der Waals surface area (Å²) in [7, 11) is 3.27. The Hall–Kier alpha value is -2.95. The van der Waals surface area contributed by atoms with Crippen molar-refractivity contribution in [2.75, 3.05) is 19.5 Å². The van der Waals surface area contributed by atoms with Crippen LogP contribution >= 0.6 is 0 Å². The standard InChI is InChI=1S/C21H21NO4/c1-25-18-9-7-12(11-19(18)26-2)20-15-5-3-4-14(15)16-10-13(21(23)24)6-8-17(16)22-20/h3-4,6-11,14-15,20,22H,5H2,1-2H3,(H,23,24)/t14-,15+,20+/m0/s1. The fourth-order valence-corrected chi connectivity index (χ4v) is 4.10. The van der Waals surface area contributed by atoms with Crippen LogP contribution in [0.5, 0.6) is 11.5 Å². The van der Waals surface area contributed by atoms with Crippen LogP contribution in [-0.2, 0) is 0 Å². The molecule has 134 valence electrons. The Morgan fingerprint density at radius 1 is 1.12 bits per heavy atom. The van der Waals surface area contributed by atoms with Gasteiger partial charge in [0.05, 0.1) is 25.8 Å². The number of rotatable bonds is 4. The van der Waals surface area contributed by atoms with Crippen LogP contribution in [-0.4, -0.2) is 25.3 Å². The Morgan fingerprint density at radius 2 is 1.92 bits per heavy atom. The second-order valence-corrected chi connectivity index (χ2v) is 6.70. The van der Waals surface area contributed by atoms with Crippen molar-refractivity contribution in [2.24, 2.45) is 5.92 Å². The molecule has 5 nitrogen and oxygen atoms in total. The summed E-state index contributed by atoms with van der Waals surface area (Å²) in [5, 5.41) is 12.9. The minimum Gasteiger partial charge on any atom is -0.493 e. The number of carboxylic acids is 1. The first-order valence-electron chi connectivity index (χ1n) is 8.64. The van der Waals surface area contributed by atoms with Crippen molar-refractivity contribution in [1.82, 2.24) is 0 Å². The molecular formula is C21H21NO4. The predicted molar refractivity (Wildman–Crippen MR) is 99.3 cm³/mol. The van der Waals surface area contributed by atoms with Crippen LogP contribution in [0.1, 0.15) is 39.9 Å². The monoisotopic (exact) mass is 351 g/mol. The summed E-state index contributed by atoms with van der Waals surface area (Å²) in [4.78, 5) is 11.3. The first-order chi connectivity index (χ1) is 12.6. The fourth-order valence-electron chi connectivity index (χ4n) is 4.10. The van der Waals surface area contributed by atoms with Gasteiger partial charge in [-0.3, -0.25) is 0 Å². The van der Waals surface area contributed by atoms with E-state index in [1.165, 1.54) is 0 Å². The number of carboxylic acid groups (broad SMARTS) is 1. The van der Waals surface area contributed by atoms with Gasteiger partial charge >= 0.3 is 5.97 Å². The lowest BCUT2D eigenvalue weighted by Gasteiger charge is -2.37. The lowest BCUT2D eigenvalue weighted by molar-refractivity contribution is 0.0696. The van der Waals surface area contributed by atoms with E-state index in [2.05, 4.69) is 23.5 Å². The fraction of sp³-hybridized carbons (Fsp3) is 0.286. The van der Waals surface area contributed by atoms with Gasteiger partial charge in [0.15, 0.2) is 11.5 Å². The average molecular weight is 351 g/mol. The van der Waals surface area contributed by atoms with Crippen molar-refractivity contribution < 1.29 is 19.4 Å². The number of aromatic carboxylic acids is 1. The van der Waals surface area contributed by atoms with E-state index < -0.39 is 5.97 Å². The lowest BCUT2D eigenvalue weighted by Crippen LogP contribution is -2.29. The number of allylic oxidation sites excluding steroid dienone is 2. The SMILES string of the molecule is COc1ccc([C@H]2Nc3ccc(C(=O)O)cc3[C@H]3C=CC[C@H]32)cc1OC. The molecule has 2 aliphatic rings. The summed E-state index contributed by atoms with van der Waals surface area (Å²) >= 11 is 0. The van der Waals surface area contributed by atoms with Crippen LogP contribution in [0.15, 0.2) is 48.6 Å². The first kappa shape index (κ1) is 16.5. The highest BCUT2D eigenvalue weighted by molar-refractivity contribution is 5.89. The quantitative estimate of drug-likeness (QED) is 0.807. The molecule has 4 rings (SSSR count). The highest BCUT2D eigenvalue weighted by Gasteiger charge is 2.38. The normalized spacial score (nSPS) is 22.9. The molecule has 0 aromatic heterocycles. The van der Waals surface area contributed by atoms with E-state index in [1.54, 1.807) is 26.4 Å². The molecule has 0 amide bonds. The Balaban J connectivity index is 1.75. The van der Waals surface area contributed by atoms with Crippen LogP contribution in [0.25, 0.3) is 0 Å². The van der Waals surface area contributed by atoms with Gasteiger partial charge in [0.25, 0.3) is 0 Å². The molecule has 3 atom stereocenters. The third kappa shape index (κ3) is 2.60. The molecule has 1 aliphatic carbocycles. The smallest absolute Gasteiger partial charge is 0.335 e. The van der Waals surface area contributed by atoms with Crippen molar-refractivity contribution in [2.45, 2.75) is 18.4 Å². The molecule has 5 heteroatoms. The summed E-state index contributed by atoms with van der Waals surface area (Å²) in [6, 6.07) is 11.4. The largest absolute Gasteiger partial charge is 0.493 e. The number of nitrogens with one attached hydrogen (secondary N) is 1. The number of fused-ring (bicyclic) bond motifs is 3. The van der Waals surface area contributed by atoms with Gasteiger partial charge in [-0.15, -0.1) is 0 Å². The Labute approximate surface area is 152 Å². The number of benzene rings is 2. The number of methoxy groups -OCH3 is 2. The minimum atomic E-state index is -0.895. The van der Waals surface area contributed by atoms with Gasteiger partial charge in [0.1, 0.15) is 0 Å². The lowest BCUT2D eigenvalue weighted by atomic mass is 9.76. The highest BCUT2D eigenvalue weighted by atomic mass is 16.5. The topological polar surface area (TPSA) is 67.8 Å². The van der Waals surface area contributed by atoms with Crippen molar-refractivity contribution in [3.8, 4) is 11.5 Å². The number of ether oxygens (including phenoxy) is 2. The summed E-state index contributed by atoms with van der Waals surface area (Å²) in [5.41, 5.74) is 3.51. The average Bonchev–Trinajstić information content (AvgIpc) is 3.16. The maximum absolute atomic E-state index is 11.3. The zero-order chi connectivity index (χ0) is 18.3. The second-order valence-electron chi connectivity index (χ2n) is 6.70. The third-order valence-electron chi connectivity index (χ3n) is 5.38. The Morgan fingerprint density at radius 3 is 2.65 bits per heavy atom. The molecule has 2 aromatic carbocycles. The van der Waals surface area contributed by atoms with E-state index in [-0.39, 0.29) is 12.0 Å². The van der Waals surface area contributed by atoms with Gasteiger partial charge in [-0.25, -0.2) is 4.79 Å². The minimum absolute atomic E-state index is 0.123. The van der Waals surface area contributed by atoms with Gasteiger partial charge in [0, 0.05) is 11.6 Å². The van der Waals surface area contributed by atoms with Gasteiger partial charge < -0.3 is 19.9 Å². The molecular weight excluding hydrogens is 330 g/mol. The van der Waals surface area contributed by atoms with Crippen LogP contribution in [0.2, 0.25) is 0 Å². The molecule has 2 N–H and O–H groups in total. The number of hydrogen-bond donors (Lipinski definition) is 2. The maximum Gasteiger partial charge on any atom is 0.335 e. The molecule has 0 saturated heterocycles. The molecule has 0 bridgehead atoms. The molecule has 1 aliphatic heterocycles. The zero-order valence-electron chi connectivity index (χ0n) is 14.7. The summed E-state index contributed by atoms with van der Waals surface area (Å²) in [5.74, 6) is 1.07. The van der Waals surface area contributed by atoms with Crippen molar-refractivity contribution in [3.63, 3.8) is 0 Å². The van der Waals surface area contributed by atoms with Gasteiger partial charge in [-0.1, -0.05) is 18.2 Å². The molecule has 1 heterocycles. The maximum atomic E-state index is 11.3. The van der Waals surface area contributed by atoms with Crippen LogP contribution in [0.4, 0.5) is 5.69 Å². The highest BCUT2D eigenvalue weighted by Crippen LogP contribution is 2.50. The van der Waals surface area contributed by atoms with Crippen LogP contribution in [0.3, 0.4) is 0 Å². The summed E-state index contributed by atoms with van der Waals surface area (Å²) in [6.07, 6.45) is 5.34. The number of hydrogen-bond acceptors (Lipinski definition) is 4. The second kappa shape index (κ2) is 6.41. The Bertz CT molecular complexity index is 890. The Kier molecular flexibility index (Phi) is 4.07. The first-order valence-corrected chi connectivity index (χ1v) is 8.64. The molecule has 26 heavy (non-hydrogen) atoms. The van der Waals surface area contributed by atoms with Gasteiger partial charge in [0.2, 0.25) is 0 Å². The van der Waals surface area contributed by atoms with Crippen LogP contribution in [0, 0.1) is 5.92 Å². The van der Waals surface area contributed by atoms with Crippen molar-refractivity contribution >= 4 is 11.7 Å². The summed E-state index contributed by atoms with van der Waals surface area (Å²) in [6.45, 7) is 0. The zero-order valence-corrected chi connectivity index (χ0v) is 14.7.